The third kappa shape index (κ3) is 5.09. The molecule has 0 amide bonds. The molecule has 3 nitrogen and oxygen atoms in total. The molecule has 1 aromatic carbocycles. The van der Waals surface area contributed by atoms with Crippen molar-refractivity contribution in [2.45, 2.75) is 20.8 Å². The molecule has 96 valence electrons. The van der Waals surface area contributed by atoms with E-state index in [9.17, 15) is 0 Å². The number of hydrogen-bond acceptors (Lipinski definition) is 2. The van der Waals surface area contributed by atoms with Crippen molar-refractivity contribution in [3.8, 4) is 11.5 Å². The van der Waals surface area contributed by atoms with Crippen molar-refractivity contribution in [3.05, 3.63) is 24.3 Å². The van der Waals surface area contributed by atoms with Gasteiger partial charge < -0.3 is 14.4 Å². The lowest BCUT2D eigenvalue weighted by atomic mass is 10.3. The molecule has 3 heteroatoms. The predicted molar refractivity (Wildman–Crippen MR) is 70.0 cm³/mol. The fourth-order valence-corrected chi connectivity index (χ4v) is 1.74. The molecule has 0 heterocycles. The van der Waals surface area contributed by atoms with Gasteiger partial charge in [0.1, 0.15) is 24.7 Å². The Bertz CT molecular complexity index is 311. The fraction of sp³-hybridized carbons (Fsp3) is 0.571. The van der Waals surface area contributed by atoms with Crippen LogP contribution in [0.5, 0.6) is 11.5 Å². The molecule has 0 spiro atoms. The van der Waals surface area contributed by atoms with Gasteiger partial charge in [-0.05, 0) is 32.9 Å². The summed E-state index contributed by atoms with van der Waals surface area (Å²) in [6, 6.07) is 7.83. The van der Waals surface area contributed by atoms with Crippen molar-refractivity contribution in [2.24, 2.45) is 0 Å². The smallest absolute Gasteiger partial charge is 0.137 e. The first-order valence-corrected chi connectivity index (χ1v) is 6.49. The first-order valence-electron chi connectivity index (χ1n) is 6.49. The summed E-state index contributed by atoms with van der Waals surface area (Å²) < 4.78 is 11.2. The van der Waals surface area contributed by atoms with Gasteiger partial charge in [-0.1, -0.05) is 6.07 Å². The highest BCUT2D eigenvalue weighted by Gasteiger charge is 2.03. The van der Waals surface area contributed by atoms with Crippen LogP contribution in [0.2, 0.25) is 0 Å². The molecule has 1 aromatic rings. The molecule has 0 aliphatic carbocycles. The van der Waals surface area contributed by atoms with Gasteiger partial charge in [-0.2, -0.15) is 0 Å². The molecule has 0 atom stereocenters. The molecular weight excluding hydrogens is 214 g/mol. The maximum Gasteiger partial charge on any atom is 0.137 e. The third-order valence-electron chi connectivity index (χ3n) is 2.84. The second kappa shape index (κ2) is 7.96. The number of rotatable bonds is 8. The van der Waals surface area contributed by atoms with E-state index in [4.69, 9.17) is 9.47 Å². The molecule has 0 saturated heterocycles. The molecule has 0 aliphatic heterocycles. The summed E-state index contributed by atoms with van der Waals surface area (Å²) in [5, 5.41) is 0. The van der Waals surface area contributed by atoms with Crippen LogP contribution in [0.3, 0.4) is 0 Å². The minimum absolute atomic E-state index is 0.688. The molecule has 1 N–H and O–H groups in total. The lowest BCUT2D eigenvalue weighted by molar-refractivity contribution is -0.896. The maximum atomic E-state index is 5.73. The first-order chi connectivity index (χ1) is 8.30. The fourth-order valence-electron chi connectivity index (χ4n) is 1.74. The van der Waals surface area contributed by atoms with Gasteiger partial charge in [-0.25, -0.2) is 0 Å². The summed E-state index contributed by atoms with van der Waals surface area (Å²) in [7, 11) is 0. The Labute approximate surface area is 104 Å². The van der Waals surface area contributed by atoms with Gasteiger partial charge in [0, 0.05) is 6.07 Å². The maximum absolute atomic E-state index is 5.73. The summed E-state index contributed by atoms with van der Waals surface area (Å²) in [5.41, 5.74) is 0. The van der Waals surface area contributed by atoms with E-state index in [2.05, 4.69) is 13.8 Å². The summed E-state index contributed by atoms with van der Waals surface area (Å²) in [4.78, 5) is 1.56. The molecule has 0 aromatic heterocycles. The highest BCUT2D eigenvalue weighted by Crippen LogP contribution is 2.18. The summed E-state index contributed by atoms with van der Waals surface area (Å²) in [5.74, 6) is 1.77. The van der Waals surface area contributed by atoms with E-state index in [0.717, 1.165) is 37.7 Å². The highest BCUT2D eigenvalue weighted by atomic mass is 16.5. The van der Waals surface area contributed by atoms with E-state index in [0.29, 0.717) is 6.61 Å². The van der Waals surface area contributed by atoms with Gasteiger partial charge in [-0.15, -0.1) is 0 Å². The zero-order valence-corrected chi connectivity index (χ0v) is 11.2. The number of quaternary nitrogens is 1. The van der Waals surface area contributed by atoms with Gasteiger partial charge in [0.15, 0.2) is 0 Å². The minimum atomic E-state index is 0.688. The van der Waals surface area contributed by atoms with Gasteiger partial charge in [0.2, 0.25) is 0 Å². The van der Waals surface area contributed by atoms with Crippen LogP contribution in [-0.2, 0) is 0 Å². The highest BCUT2D eigenvalue weighted by molar-refractivity contribution is 5.32. The average Bonchev–Trinajstić information content (AvgIpc) is 2.36. The summed E-state index contributed by atoms with van der Waals surface area (Å²) >= 11 is 0. The van der Waals surface area contributed by atoms with E-state index < -0.39 is 0 Å². The monoisotopic (exact) mass is 238 g/mol. The third-order valence-corrected chi connectivity index (χ3v) is 2.84. The van der Waals surface area contributed by atoms with Crippen molar-refractivity contribution < 1.29 is 14.4 Å². The number of hydrogen-bond donors (Lipinski definition) is 1. The largest absolute Gasteiger partial charge is 0.494 e. The van der Waals surface area contributed by atoms with E-state index in [-0.39, 0.29) is 0 Å². The molecule has 0 radical (unpaired) electrons. The van der Waals surface area contributed by atoms with Gasteiger partial charge in [0.05, 0.1) is 19.7 Å². The lowest BCUT2D eigenvalue weighted by Crippen LogP contribution is -3.12. The van der Waals surface area contributed by atoms with Crippen molar-refractivity contribution >= 4 is 0 Å². The van der Waals surface area contributed by atoms with Crippen LogP contribution >= 0.6 is 0 Å². The molecule has 1 rings (SSSR count). The molecule has 17 heavy (non-hydrogen) atoms. The number of nitrogens with one attached hydrogen (secondary N) is 1. The van der Waals surface area contributed by atoms with E-state index >= 15 is 0 Å². The quantitative estimate of drug-likeness (QED) is 0.739. The zero-order chi connectivity index (χ0) is 12.5. The van der Waals surface area contributed by atoms with Crippen LogP contribution < -0.4 is 14.4 Å². The van der Waals surface area contributed by atoms with Crippen molar-refractivity contribution in [1.82, 2.24) is 0 Å². The van der Waals surface area contributed by atoms with E-state index in [1.54, 1.807) is 4.90 Å². The van der Waals surface area contributed by atoms with Gasteiger partial charge in [0.25, 0.3) is 0 Å². The van der Waals surface area contributed by atoms with Crippen LogP contribution in [0.25, 0.3) is 0 Å². The average molecular weight is 238 g/mol. The first kappa shape index (κ1) is 13.8. The number of ether oxygens (including phenoxy) is 2. The summed E-state index contributed by atoms with van der Waals surface area (Å²) in [6.07, 6.45) is 0. The Morgan fingerprint density at radius 1 is 1.00 bits per heavy atom. The Morgan fingerprint density at radius 3 is 2.24 bits per heavy atom. The van der Waals surface area contributed by atoms with E-state index in [1.807, 2.05) is 31.2 Å². The number of likely N-dealkylation sites (N-methyl/N-ethyl adjacent to an activating group) is 1. The van der Waals surface area contributed by atoms with Crippen LogP contribution in [0, 0.1) is 0 Å². The normalized spacial score (nSPS) is 10.6. The Balaban J connectivity index is 2.38. The topological polar surface area (TPSA) is 22.9 Å². The van der Waals surface area contributed by atoms with Crippen LogP contribution in [0.1, 0.15) is 20.8 Å². The van der Waals surface area contributed by atoms with E-state index in [1.165, 1.54) is 0 Å². The van der Waals surface area contributed by atoms with Crippen LogP contribution in [0.4, 0.5) is 0 Å². The SMILES string of the molecule is CCOc1cccc(OCC[NH+](CC)CC)c1. The second-order valence-electron chi connectivity index (χ2n) is 3.96. The standard InChI is InChI=1S/C14H23NO2/c1-4-15(5-2)10-11-17-14-9-7-8-13(12-14)16-6-3/h7-9,12H,4-6,10-11H2,1-3H3/p+1. The van der Waals surface area contributed by atoms with Crippen LogP contribution in [0.15, 0.2) is 24.3 Å². The number of benzene rings is 1. The Hall–Kier alpha value is -1.22. The molecule has 0 bridgehead atoms. The molecule has 0 saturated carbocycles. The Morgan fingerprint density at radius 2 is 1.65 bits per heavy atom. The van der Waals surface area contributed by atoms with Gasteiger partial charge in [-0.3, -0.25) is 0 Å². The predicted octanol–water partition coefficient (Wildman–Crippen LogP) is 1.39. The lowest BCUT2D eigenvalue weighted by Gasteiger charge is -2.15. The molecule has 0 aliphatic rings. The molecule has 0 unspecified atom stereocenters. The minimum Gasteiger partial charge on any atom is -0.494 e. The molecular formula is C14H24NO2+. The van der Waals surface area contributed by atoms with Gasteiger partial charge >= 0.3 is 0 Å². The second-order valence-corrected chi connectivity index (χ2v) is 3.96. The Kier molecular flexibility index (Phi) is 6.48. The summed E-state index contributed by atoms with van der Waals surface area (Å²) in [6.45, 7) is 11.2. The van der Waals surface area contributed by atoms with Crippen LogP contribution in [-0.4, -0.2) is 32.8 Å². The van der Waals surface area contributed by atoms with Crippen molar-refractivity contribution in [3.63, 3.8) is 0 Å². The van der Waals surface area contributed by atoms with Crippen molar-refractivity contribution in [2.75, 3.05) is 32.8 Å². The molecule has 0 fully saturated rings. The van der Waals surface area contributed by atoms with Crippen molar-refractivity contribution in [1.29, 1.82) is 0 Å². The zero-order valence-electron chi connectivity index (χ0n) is 11.2.